The first-order valence-electron chi connectivity index (χ1n) is 9.44. The van der Waals surface area contributed by atoms with Crippen LogP contribution >= 0.6 is 12.4 Å². The molecule has 0 atom stereocenters. The number of carboxylic acids is 1. The third-order valence-electron chi connectivity index (χ3n) is 4.16. The molecule has 0 fully saturated rings. The molecule has 3 rings (SSSR count). The molecule has 2 aromatic carbocycles. The van der Waals surface area contributed by atoms with Gasteiger partial charge in [0.25, 0.3) is 5.91 Å². The standard InChI is InChI=1S/C13H11N5O.C9H10O4S.ClH/c14-6-9-1-3-10(4-2-9)7-16-13(19)11-5-12(15)18-8-17-11;1-14(12,13)8-4-2-7(3-5-8)6-9(10)11;/h1-5,8H,7H2,(H,16,19)(H2,15,17,18);2-5H,6H2,1H3,(H,10,11);1H. The Bertz CT molecular complexity index is 1270. The van der Waals surface area contributed by atoms with E-state index < -0.39 is 15.8 Å². The van der Waals surface area contributed by atoms with Crippen LogP contribution in [0.15, 0.2) is 65.8 Å². The maximum absolute atomic E-state index is 11.8. The molecule has 0 saturated carbocycles. The predicted molar refractivity (Wildman–Crippen MR) is 127 cm³/mol. The van der Waals surface area contributed by atoms with Gasteiger partial charge in [0.15, 0.2) is 9.84 Å². The Balaban J connectivity index is 0.000000346. The van der Waals surface area contributed by atoms with Gasteiger partial charge in [-0.15, -0.1) is 12.4 Å². The van der Waals surface area contributed by atoms with Gasteiger partial charge in [0.05, 0.1) is 22.9 Å². The number of rotatable bonds is 6. The van der Waals surface area contributed by atoms with Crippen LogP contribution in [-0.2, 0) is 27.6 Å². The summed E-state index contributed by atoms with van der Waals surface area (Å²) < 4.78 is 22.1. The topological polar surface area (TPSA) is 176 Å². The van der Waals surface area contributed by atoms with Crippen molar-refractivity contribution < 1.29 is 23.1 Å². The largest absolute Gasteiger partial charge is 0.481 e. The van der Waals surface area contributed by atoms with Crippen LogP contribution in [0, 0.1) is 11.3 Å². The zero-order valence-electron chi connectivity index (χ0n) is 18.0. The summed E-state index contributed by atoms with van der Waals surface area (Å²) in [6.45, 7) is 0.356. The molecular weight excluding hydrogens is 482 g/mol. The monoisotopic (exact) mass is 503 g/mol. The molecule has 0 bridgehead atoms. The van der Waals surface area contributed by atoms with E-state index in [1.807, 2.05) is 6.07 Å². The normalized spacial score (nSPS) is 10.0. The van der Waals surface area contributed by atoms with Crippen LogP contribution in [-0.4, -0.2) is 41.6 Å². The Morgan fingerprint density at radius 3 is 2.15 bits per heavy atom. The van der Waals surface area contributed by atoms with Gasteiger partial charge >= 0.3 is 5.97 Å². The minimum Gasteiger partial charge on any atom is -0.481 e. The fourth-order valence-electron chi connectivity index (χ4n) is 2.50. The Hall–Kier alpha value is -4.01. The number of nitrogens with one attached hydrogen (secondary N) is 1. The van der Waals surface area contributed by atoms with E-state index in [-0.39, 0.29) is 41.1 Å². The zero-order chi connectivity index (χ0) is 24.4. The molecule has 0 unspecified atom stereocenters. The Labute approximate surface area is 202 Å². The lowest BCUT2D eigenvalue weighted by Crippen LogP contribution is -2.24. The number of hydrogen-bond donors (Lipinski definition) is 3. The van der Waals surface area contributed by atoms with Gasteiger partial charge in [-0.2, -0.15) is 5.26 Å². The molecule has 0 radical (unpaired) electrons. The first-order chi connectivity index (χ1) is 15.6. The van der Waals surface area contributed by atoms with Crippen molar-refractivity contribution in [2.45, 2.75) is 17.9 Å². The second-order valence-corrected chi connectivity index (χ2v) is 8.82. The van der Waals surface area contributed by atoms with Crippen molar-refractivity contribution >= 4 is 39.9 Å². The summed E-state index contributed by atoms with van der Waals surface area (Å²) >= 11 is 0. The molecule has 3 aromatic rings. The number of carbonyl (C=O) groups excluding carboxylic acids is 1. The molecule has 0 spiro atoms. The number of anilines is 1. The summed E-state index contributed by atoms with van der Waals surface area (Å²) in [5.74, 6) is -1.01. The number of nitrogens with zero attached hydrogens (tertiary/aromatic N) is 3. The van der Waals surface area contributed by atoms with E-state index in [1.54, 1.807) is 24.3 Å². The van der Waals surface area contributed by atoms with Crippen molar-refractivity contribution in [3.05, 3.63) is 83.3 Å². The fourth-order valence-corrected chi connectivity index (χ4v) is 3.13. The number of carboxylic acid groups (broad SMARTS) is 1. The van der Waals surface area contributed by atoms with E-state index in [0.29, 0.717) is 17.7 Å². The van der Waals surface area contributed by atoms with Crippen LogP contribution < -0.4 is 11.1 Å². The molecule has 1 heterocycles. The molecule has 0 aliphatic carbocycles. The van der Waals surface area contributed by atoms with E-state index in [4.69, 9.17) is 16.1 Å². The Morgan fingerprint density at radius 1 is 1.06 bits per heavy atom. The molecule has 1 aromatic heterocycles. The smallest absolute Gasteiger partial charge is 0.307 e. The molecule has 0 saturated heterocycles. The number of sulfone groups is 1. The van der Waals surface area contributed by atoms with Gasteiger partial charge in [-0.25, -0.2) is 18.4 Å². The zero-order valence-corrected chi connectivity index (χ0v) is 19.6. The van der Waals surface area contributed by atoms with Gasteiger partial charge in [-0.05, 0) is 35.4 Å². The van der Waals surface area contributed by atoms with Gasteiger partial charge in [-0.3, -0.25) is 9.59 Å². The summed E-state index contributed by atoms with van der Waals surface area (Å²) in [5.41, 5.74) is 7.76. The number of benzene rings is 2. The Morgan fingerprint density at radius 2 is 1.65 bits per heavy atom. The highest BCUT2D eigenvalue weighted by molar-refractivity contribution is 7.90. The van der Waals surface area contributed by atoms with Gasteiger partial charge in [0.1, 0.15) is 17.8 Å². The minimum atomic E-state index is -3.20. The van der Waals surface area contributed by atoms with Crippen LogP contribution in [0.4, 0.5) is 5.82 Å². The van der Waals surface area contributed by atoms with E-state index in [2.05, 4.69) is 15.3 Å². The number of nitrogens with two attached hydrogens (primary N) is 1. The van der Waals surface area contributed by atoms with Crippen LogP contribution in [0.3, 0.4) is 0 Å². The summed E-state index contributed by atoms with van der Waals surface area (Å²) in [6, 6.07) is 16.2. The molecule has 12 heteroatoms. The third-order valence-corrected chi connectivity index (χ3v) is 5.29. The molecule has 1 amide bonds. The lowest BCUT2D eigenvalue weighted by Gasteiger charge is -2.05. The van der Waals surface area contributed by atoms with Crippen molar-refractivity contribution in [3.8, 4) is 6.07 Å². The maximum Gasteiger partial charge on any atom is 0.307 e. The lowest BCUT2D eigenvalue weighted by molar-refractivity contribution is -0.136. The molecule has 10 nitrogen and oxygen atoms in total. The van der Waals surface area contributed by atoms with Gasteiger partial charge < -0.3 is 16.2 Å². The molecule has 34 heavy (non-hydrogen) atoms. The van der Waals surface area contributed by atoms with Crippen LogP contribution in [0.5, 0.6) is 0 Å². The predicted octanol–water partition coefficient (Wildman–Crippen LogP) is 2.00. The number of amides is 1. The number of aromatic nitrogens is 2. The number of nitriles is 1. The SMILES string of the molecule is CS(=O)(=O)c1ccc(CC(=O)O)cc1.Cl.N#Cc1ccc(CNC(=O)c2cc(N)ncn2)cc1. The number of aliphatic carboxylic acids is 1. The first-order valence-corrected chi connectivity index (χ1v) is 11.3. The molecule has 0 aliphatic rings. The lowest BCUT2D eigenvalue weighted by atomic mass is 10.1. The first kappa shape index (κ1) is 28.0. The van der Waals surface area contributed by atoms with Gasteiger partial charge in [0.2, 0.25) is 0 Å². The van der Waals surface area contributed by atoms with E-state index in [9.17, 15) is 18.0 Å². The minimum absolute atomic E-state index is 0. The summed E-state index contributed by atoms with van der Waals surface area (Å²) in [5, 5.41) is 19.9. The highest BCUT2D eigenvalue weighted by Crippen LogP contribution is 2.10. The number of hydrogen-bond acceptors (Lipinski definition) is 8. The highest BCUT2D eigenvalue weighted by atomic mass is 35.5. The number of nitrogen functional groups attached to an aromatic ring is 1. The summed E-state index contributed by atoms with van der Waals surface area (Å²) in [4.78, 5) is 29.9. The molecular formula is C22H22ClN5O5S. The van der Waals surface area contributed by atoms with Crippen molar-refractivity contribution in [2.75, 3.05) is 12.0 Å². The van der Waals surface area contributed by atoms with Crippen molar-refractivity contribution in [1.82, 2.24) is 15.3 Å². The quantitative estimate of drug-likeness (QED) is 0.453. The Kier molecular flexibility index (Phi) is 10.6. The van der Waals surface area contributed by atoms with E-state index in [0.717, 1.165) is 11.8 Å². The second kappa shape index (κ2) is 12.9. The van der Waals surface area contributed by atoms with Gasteiger partial charge in [-0.1, -0.05) is 24.3 Å². The van der Waals surface area contributed by atoms with Crippen molar-refractivity contribution in [2.24, 2.45) is 0 Å². The van der Waals surface area contributed by atoms with Crippen molar-refractivity contribution in [3.63, 3.8) is 0 Å². The average Bonchev–Trinajstić information content (AvgIpc) is 2.77. The third kappa shape index (κ3) is 9.23. The summed E-state index contributed by atoms with van der Waals surface area (Å²) in [6.07, 6.45) is 2.26. The van der Waals surface area contributed by atoms with Crippen LogP contribution in [0.1, 0.15) is 27.2 Å². The molecule has 0 aliphatic heterocycles. The van der Waals surface area contributed by atoms with E-state index >= 15 is 0 Å². The maximum atomic E-state index is 11.8. The average molecular weight is 504 g/mol. The number of carbonyl (C=O) groups is 2. The molecule has 178 valence electrons. The highest BCUT2D eigenvalue weighted by Gasteiger charge is 2.08. The van der Waals surface area contributed by atoms with Crippen molar-refractivity contribution in [1.29, 1.82) is 5.26 Å². The van der Waals surface area contributed by atoms with E-state index in [1.165, 1.54) is 36.7 Å². The second-order valence-electron chi connectivity index (χ2n) is 6.81. The summed E-state index contributed by atoms with van der Waals surface area (Å²) in [7, 11) is -3.20. The van der Waals surface area contributed by atoms with Gasteiger partial charge in [0, 0.05) is 18.9 Å². The van der Waals surface area contributed by atoms with Crippen LogP contribution in [0.2, 0.25) is 0 Å². The van der Waals surface area contributed by atoms with Crippen LogP contribution in [0.25, 0.3) is 0 Å². The molecule has 4 N–H and O–H groups in total. The number of halogens is 1. The fraction of sp³-hybridized carbons (Fsp3) is 0.136.